The maximum atomic E-state index is 14.6. The summed E-state index contributed by atoms with van der Waals surface area (Å²) in [5, 5.41) is 5.84. The van der Waals surface area contributed by atoms with Crippen LogP contribution in [0.4, 0.5) is 0 Å². The molecule has 0 aliphatic carbocycles. The Morgan fingerprint density at radius 1 is 0.586 bits per heavy atom. The molecule has 3 aliphatic heterocycles. The van der Waals surface area contributed by atoms with E-state index in [1.807, 2.05) is 20.8 Å². The number of cyclic esters (lactones) is 2. The second kappa shape index (κ2) is 25.6. The predicted molar refractivity (Wildman–Crippen MR) is 265 cm³/mol. The summed E-state index contributed by atoms with van der Waals surface area (Å²) in [5.74, 6) is -7.64. The highest BCUT2D eigenvalue weighted by atomic mass is 16.6. The molecule has 0 aromatic rings. The van der Waals surface area contributed by atoms with Crippen LogP contribution < -0.4 is 10.6 Å². The van der Waals surface area contributed by atoms with Crippen molar-refractivity contribution < 1.29 is 52.6 Å². The molecule has 0 spiro atoms. The van der Waals surface area contributed by atoms with Gasteiger partial charge in [0.25, 0.3) is 5.91 Å². The lowest BCUT2D eigenvalue weighted by molar-refractivity contribution is -0.172. The summed E-state index contributed by atoms with van der Waals surface area (Å²) >= 11 is 0. The topological polar surface area (TPSA) is 212 Å². The summed E-state index contributed by atoms with van der Waals surface area (Å²) in [4.78, 5) is 137. The minimum atomic E-state index is -1.38. The van der Waals surface area contributed by atoms with Gasteiger partial charge in [0.2, 0.25) is 35.4 Å². The molecule has 4 unspecified atom stereocenters. The molecule has 0 radical (unpaired) electrons. The van der Waals surface area contributed by atoms with Crippen molar-refractivity contribution in [1.82, 2.24) is 35.1 Å². The van der Waals surface area contributed by atoms with E-state index >= 15 is 0 Å². The zero-order valence-electron chi connectivity index (χ0n) is 45.6. The number of likely N-dealkylation sites (N-methyl/N-ethyl adjacent to an activating group) is 3. The molecule has 0 bridgehead atoms. The van der Waals surface area contributed by atoms with E-state index in [4.69, 9.17) is 9.47 Å². The highest BCUT2D eigenvalue weighted by molar-refractivity contribution is 5.97. The van der Waals surface area contributed by atoms with E-state index in [1.165, 1.54) is 45.6 Å². The summed E-state index contributed by atoms with van der Waals surface area (Å²) in [6.07, 6.45) is 2.46. The lowest BCUT2D eigenvalue weighted by Crippen LogP contribution is -2.61. The Bertz CT molecular complexity index is 1890. The van der Waals surface area contributed by atoms with Crippen LogP contribution in [0.3, 0.4) is 0 Å². The second-order valence-corrected chi connectivity index (χ2v) is 22.1. The van der Waals surface area contributed by atoms with Crippen LogP contribution in [0.1, 0.15) is 155 Å². The van der Waals surface area contributed by atoms with Crippen molar-refractivity contribution in [2.24, 2.45) is 35.0 Å². The molecule has 3 heterocycles. The minimum absolute atomic E-state index is 0.218. The number of carbonyl (C=O) groups excluding carboxylic acids is 9. The minimum Gasteiger partial charge on any atom is -0.460 e. The van der Waals surface area contributed by atoms with Crippen molar-refractivity contribution in [3.63, 3.8) is 0 Å². The van der Waals surface area contributed by atoms with Crippen LogP contribution in [-0.2, 0) is 52.6 Å². The number of fused-ring (bicyclic) bond motifs is 2. The first-order valence-corrected chi connectivity index (χ1v) is 26.0. The van der Waals surface area contributed by atoms with E-state index < -0.39 is 143 Å². The molecule has 7 amide bonds. The number of esters is 2. The van der Waals surface area contributed by atoms with Crippen LogP contribution in [0.25, 0.3) is 0 Å². The number of nitrogens with one attached hydrogen (secondary N) is 2. The summed E-state index contributed by atoms with van der Waals surface area (Å²) in [6.45, 7) is 25.1. The molecular weight excluding hydrogens is 899 g/mol. The SMILES string of the molecule is CCCCC[C@H]1OC(=O)C(C(C)C)NC(=O)[C@@H]2CCCN2C(=O)[C@@H]2CCCN2C(=O)C(C(C)C)OC(=O)[C@H](C(C)C)N(C)C(=O)C(C(C)C)N(C)C(=O)[C@H](C)N(C)C(=O)C([C@@H](C)CC)NC(=O)C1(C)C. The van der Waals surface area contributed by atoms with Crippen LogP contribution in [0.5, 0.6) is 0 Å². The second-order valence-electron chi connectivity index (χ2n) is 22.1. The van der Waals surface area contributed by atoms with Crippen LogP contribution in [0.2, 0.25) is 0 Å². The van der Waals surface area contributed by atoms with Gasteiger partial charge in [0.15, 0.2) is 6.10 Å². The largest absolute Gasteiger partial charge is 0.460 e. The Morgan fingerprint density at radius 2 is 1.13 bits per heavy atom. The van der Waals surface area contributed by atoms with Gasteiger partial charge in [-0.3, -0.25) is 33.6 Å². The lowest BCUT2D eigenvalue weighted by atomic mass is 9.81. The van der Waals surface area contributed by atoms with E-state index in [9.17, 15) is 43.2 Å². The van der Waals surface area contributed by atoms with E-state index in [0.29, 0.717) is 44.9 Å². The molecule has 0 saturated carbocycles. The van der Waals surface area contributed by atoms with Crippen LogP contribution in [-0.4, -0.2) is 167 Å². The smallest absolute Gasteiger partial charge is 0.329 e. The Balaban J connectivity index is 2.21. The van der Waals surface area contributed by atoms with E-state index in [-0.39, 0.29) is 13.1 Å². The average Bonchev–Trinajstić information content (AvgIpc) is 4.00. The molecule has 3 rings (SSSR count). The van der Waals surface area contributed by atoms with Gasteiger partial charge >= 0.3 is 11.9 Å². The highest BCUT2D eigenvalue weighted by Crippen LogP contribution is 2.32. The van der Waals surface area contributed by atoms with Crippen molar-refractivity contribution in [2.45, 2.75) is 209 Å². The highest BCUT2D eigenvalue weighted by Gasteiger charge is 2.48. The fraction of sp³-hybridized carbons (Fsp3) is 0.827. The quantitative estimate of drug-likeness (QED) is 0.229. The molecule has 10 atom stereocenters. The van der Waals surface area contributed by atoms with Crippen LogP contribution >= 0.6 is 0 Å². The summed E-state index contributed by atoms with van der Waals surface area (Å²) < 4.78 is 12.3. The zero-order valence-corrected chi connectivity index (χ0v) is 45.6. The standard InChI is InChI=1S/C52H89N7O11/c1-18-20-21-26-37-52(13,14)51(68)54-39(33(11)19-2)46(63)55(15)34(12)44(61)56(16)40(30(5)6)47(64)57(17)41(31(7)8)50(67)70-42(32(9)10)48(65)59-28-23-25-36(59)45(62)58-27-22-24-35(58)43(60)53-38(29(3)4)49(66)69-37/h29-42H,18-28H2,1-17H3,(H,53,60)(H,54,68)/t33-,34-,35-,36-,37+,38?,39?,40?,41-,42?/m0/s1. The Kier molecular flexibility index (Phi) is 21.7. The first kappa shape index (κ1) is 59.5. The van der Waals surface area contributed by atoms with Crippen LogP contribution in [0, 0.1) is 35.0 Å². The predicted octanol–water partition coefficient (Wildman–Crippen LogP) is 4.55. The van der Waals surface area contributed by atoms with E-state index in [2.05, 4.69) is 10.6 Å². The van der Waals surface area contributed by atoms with Crippen molar-refractivity contribution in [2.75, 3.05) is 34.2 Å². The molecule has 3 fully saturated rings. The van der Waals surface area contributed by atoms with Crippen molar-refractivity contribution in [3.05, 3.63) is 0 Å². The number of amides is 7. The molecule has 2 N–H and O–H groups in total. The van der Waals surface area contributed by atoms with E-state index in [0.717, 1.165) is 12.8 Å². The van der Waals surface area contributed by atoms with Crippen molar-refractivity contribution >= 4 is 53.3 Å². The maximum absolute atomic E-state index is 14.6. The third-order valence-electron chi connectivity index (χ3n) is 15.0. The molecule has 3 aliphatic rings. The van der Waals surface area contributed by atoms with Gasteiger partial charge in [-0.05, 0) is 88.9 Å². The van der Waals surface area contributed by atoms with Gasteiger partial charge in [-0.15, -0.1) is 0 Å². The molecular formula is C52H89N7O11. The number of nitrogens with zero attached hydrogens (tertiary/aromatic N) is 5. The normalized spacial score (nSPS) is 29.6. The Morgan fingerprint density at radius 3 is 1.64 bits per heavy atom. The van der Waals surface area contributed by atoms with Gasteiger partial charge in [0.05, 0.1) is 5.41 Å². The number of carbonyl (C=O) groups is 9. The van der Waals surface area contributed by atoms with Crippen molar-refractivity contribution in [1.29, 1.82) is 0 Å². The molecule has 18 nitrogen and oxygen atoms in total. The molecule has 18 heteroatoms. The van der Waals surface area contributed by atoms with Gasteiger partial charge in [-0.1, -0.05) is 95.4 Å². The van der Waals surface area contributed by atoms with Crippen LogP contribution in [0.15, 0.2) is 0 Å². The molecule has 398 valence electrons. The van der Waals surface area contributed by atoms with Gasteiger partial charge in [-0.25, -0.2) is 9.59 Å². The number of ether oxygens (including phenoxy) is 2. The first-order valence-electron chi connectivity index (χ1n) is 26.0. The summed E-state index contributed by atoms with van der Waals surface area (Å²) in [5.41, 5.74) is -1.38. The summed E-state index contributed by atoms with van der Waals surface area (Å²) in [6, 6.07) is -7.48. The fourth-order valence-corrected chi connectivity index (χ4v) is 10.0. The molecule has 3 saturated heterocycles. The number of unbranched alkanes of at least 4 members (excludes halogenated alkanes) is 2. The van der Waals surface area contributed by atoms with E-state index in [1.54, 1.807) is 76.2 Å². The average molecular weight is 988 g/mol. The summed E-state index contributed by atoms with van der Waals surface area (Å²) in [7, 11) is 4.41. The monoisotopic (exact) mass is 988 g/mol. The Labute approximate surface area is 418 Å². The van der Waals surface area contributed by atoms with Gasteiger partial charge in [0.1, 0.15) is 48.4 Å². The van der Waals surface area contributed by atoms with Gasteiger partial charge < -0.3 is 44.6 Å². The zero-order chi connectivity index (χ0) is 53.3. The van der Waals surface area contributed by atoms with Crippen molar-refractivity contribution in [3.8, 4) is 0 Å². The third-order valence-corrected chi connectivity index (χ3v) is 15.0. The maximum Gasteiger partial charge on any atom is 0.329 e. The van der Waals surface area contributed by atoms with Gasteiger partial charge in [-0.2, -0.15) is 0 Å². The first-order chi connectivity index (χ1) is 32.6. The number of hydrogen-bond donors (Lipinski definition) is 2. The third kappa shape index (κ3) is 13.6. The number of rotatable bonds is 10. The Hall–Kier alpha value is -4.77. The van der Waals surface area contributed by atoms with Gasteiger partial charge in [0, 0.05) is 34.2 Å². The number of hydrogen-bond acceptors (Lipinski definition) is 11. The fourth-order valence-electron chi connectivity index (χ4n) is 10.0. The molecule has 0 aromatic heterocycles. The molecule has 70 heavy (non-hydrogen) atoms. The molecule has 0 aromatic carbocycles. The lowest BCUT2D eigenvalue weighted by Gasteiger charge is -2.40.